The standard InChI is InChI=1S/C23H23N5O3/c1-3-28(4-2)20-12-9-18(10-13-20)25-24-16-5-7-17(8-6-16)26-27-19-11-14-22(29)21(15-19)23(30)31/h5-15,29H,3-4H2,1-2H3,(H,30,31). The fourth-order valence-electron chi connectivity index (χ4n) is 2.89. The van der Waals surface area contributed by atoms with Gasteiger partial charge in [0.15, 0.2) is 0 Å². The van der Waals surface area contributed by atoms with Crippen molar-refractivity contribution < 1.29 is 15.0 Å². The minimum atomic E-state index is -1.23. The van der Waals surface area contributed by atoms with Crippen LogP contribution in [-0.4, -0.2) is 29.3 Å². The number of rotatable bonds is 8. The van der Waals surface area contributed by atoms with Gasteiger partial charge >= 0.3 is 5.97 Å². The Labute approximate surface area is 180 Å². The lowest BCUT2D eigenvalue weighted by atomic mass is 10.2. The van der Waals surface area contributed by atoms with Crippen LogP contribution in [0.3, 0.4) is 0 Å². The van der Waals surface area contributed by atoms with Crippen molar-refractivity contribution >= 4 is 34.4 Å². The number of anilines is 1. The minimum Gasteiger partial charge on any atom is -0.507 e. The second-order valence-electron chi connectivity index (χ2n) is 6.61. The van der Waals surface area contributed by atoms with Gasteiger partial charge in [0.2, 0.25) is 0 Å². The maximum Gasteiger partial charge on any atom is 0.339 e. The topological polar surface area (TPSA) is 110 Å². The monoisotopic (exact) mass is 417 g/mol. The van der Waals surface area contributed by atoms with Gasteiger partial charge in [-0.05, 0) is 80.6 Å². The van der Waals surface area contributed by atoms with Gasteiger partial charge in [0.1, 0.15) is 11.3 Å². The second kappa shape index (κ2) is 10.1. The van der Waals surface area contributed by atoms with Crippen LogP contribution in [0.25, 0.3) is 0 Å². The molecule has 3 aromatic carbocycles. The largest absolute Gasteiger partial charge is 0.507 e. The number of hydrogen-bond acceptors (Lipinski definition) is 7. The van der Waals surface area contributed by atoms with Gasteiger partial charge in [0.25, 0.3) is 0 Å². The van der Waals surface area contributed by atoms with E-state index in [9.17, 15) is 9.90 Å². The van der Waals surface area contributed by atoms with Crippen LogP contribution in [0.4, 0.5) is 28.4 Å². The third-order valence-electron chi connectivity index (χ3n) is 4.60. The molecule has 0 unspecified atom stereocenters. The molecule has 0 heterocycles. The summed E-state index contributed by atoms with van der Waals surface area (Å²) in [5.74, 6) is -1.55. The Morgan fingerprint density at radius 1 is 0.742 bits per heavy atom. The number of hydrogen-bond donors (Lipinski definition) is 2. The highest BCUT2D eigenvalue weighted by Gasteiger charge is 2.09. The van der Waals surface area contributed by atoms with Crippen molar-refractivity contribution in [3.8, 4) is 5.75 Å². The van der Waals surface area contributed by atoms with Crippen molar-refractivity contribution in [1.29, 1.82) is 0 Å². The van der Waals surface area contributed by atoms with Gasteiger partial charge in [0.05, 0.1) is 22.7 Å². The molecule has 0 bridgehead atoms. The average molecular weight is 417 g/mol. The molecule has 3 aromatic rings. The molecule has 0 aliphatic carbocycles. The number of carbonyl (C=O) groups is 1. The highest BCUT2D eigenvalue weighted by Crippen LogP contribution is 2.27. The first-order valence-corrected chi connectivity index (χ1v) is 9.85. The summed E-state index contributed by atoms with van der Waals surface area (Å²) < 4.78 is 0. The molecule has 31 heavy (non-hydrogen) atoms. The third kappa shape index (κ3) is 5.72. The maximum atomic E-state index is 11.1. The molecule has 0 amide bonds. The van der Waals surface area contributed by atoms with E-state index in [2.05, 4.69) is 39.2 Å². The summed E-state index contributed by atoms with van der Waals surface area (Å²) in [6.45, 7) is 6.15. The van der Waals surface area contributed by atoms with Crippen molar-refractivity contribution in [2.45, 2.75) is 13.8 Å². The van der Waals surface area contributed by atoms with Crippen LogP contribution >= 0.6 is 0 Å². The number of azo groups is 2. The van der Waals surface area contributed by atoms with Crippen molar-refractivity contribution in [1.82, 2.24) is 0 Å². The molecule has 3 rings (SSSR count). The zero-order valence-electron chi connectivity index (χ0n) is 17.3. The third-order valence-corrected chi connectivity index (χ3v) is 4.60. The summed E-state index contributed by atoms with van der Waals surface area (Å²) in [6.07, 6.45) is 0. The van der Waals surface area contributed by atoms with Crippen LogP contribution in [0.1, 0.15) is 24.2 Å². The number of aromatic hydroxyl groups is 1. The summed E-state index contributed by atoms with van der Waals surface area (Å²) in [4.78, 5) is 13.3. The second-order valence-corrected chi connectivity index (χ2v) is 6.61. The van der Waals surface area contributed by atoms with Gasteiger partial charge in [-0.15, -0.1) is 0 Å². The lowest BCUT2D eigenvalue weighted by Crippen LogP contribution is -2.21. The maximum absolute atomic E-state index is 11.1. The first-order chi connectivity index (χ1) is 15.0. The molecule has 0 fully saturated rings. The Morgan fingerprint density at radius 3 is 1.61 bits per heavy atom. The van der Waals surface area contributed by atoms with Crippen molar-refractivity contribution in [2.75, 3.05) is 18.0 Å². The van der Waals surface area contributed by atoms with Gasteiger partial charge in [-0.2, -0.15) is 20.5 Å². The van der Waals surface area contributed by atoms with Crippen molar-refractivity contribution in [3.05, 3.63) is 72.3 Å². The average Bonchev–Trinajstić information content (AvgIpc) is 2.79. The number of phenols is 1. The molecular formula is C23H23N5O3. The number of carboxylic acids is 1. The molecule has 8 nitrogen and oxygen atoms in total. The predicted octanol–water partition coefficient (Wildman–Crippen LogP) is 6.77. The molecule has 2 N–H and O–H groups in total. The molecule has 0 radical (unpaired) electrons. The zero-order valence-corrected chi connectivity index (χ0v) is 17.3. The predicted molar refractivity (Wildman–Crippen MR) is 120 cm³/mol. The van der Waals surface area contributed by atoms with E-state index in [4.69, 9.17) is 5.11 Å². The Hall–Kier alpha value is -4.07. The van der Waals surface area contributed by atoms with E-state index in [-0.39, 0.29) is 11.3 Å². The Morgan fingerprint density at radius 2 is 1.16 bits per heavy atom. The highest BCUT2D eigenvalue weighted by atomic mass is 16.4. The van der Waals surface area contributed by atoms with Crippen LogP contribution in [0.5, 0.6) is 5.75 Å². The van der Waals surface area contributed by atoms with Crippen LogP contribution in [0, 0.1) is 0 Å². The van der Waals surface area contributed by atoms with Crippen molar-refractivity contribution in [2.24, 2.45) is 20.5 Å². The molecule has 0 aliphatic rings. The minimum absolute atomic E-state index is 0.225. The summed E-state index contributed by atoms with van der Waals surface area (Å²) >= 11 is 0. The van der Waals surface area contributed by atoms with E-state index < -0.39 is 5.97 Å². The van der Waals surface area contributed by atoms with E-state index >= 15 is 0 Å². The van der Waals surface area contributed by atoms with Gasteiger partial charge in [-0.1, -0.05) is 0 Å². The van der Waals surface area contributed by atoms with Crippen molar-refractivity contribution in [3.63, 3.8) is 0 Å². The number of nitrogens with zero attached hydrogens (tertiary/aromatic N) is 5. The van der Waals surface area contributed by atoms with E-state index in [1.54, 1.807) is 24.3 Å². The molecule has 0 spiro atoms. The summed E-state index contributed by atoms with van der Waals surface area (Å²) in [7, 11) is 0. The Balaban J connectivity index is 1.66. The molecule has 0 saturated heterocycles. The zero-order chi connectivity index (χ0) is 22.2. The quantitative estimate of drug-likeness (QED) is 0.394. The Kier molecular flexibility index (Phi) is 7.05. The van der Waals surface area contributed by atoms with E-state index in [0.717, 1.165) is 24.5 Å². The first kappa shape index (κ1) is 21.6. The van der Waals surface area contributed by atoms with Crippen LogP contribution in [0.2, 0.25) is 0 Å². The summed E-state index contributed by atoms with van der Waals surface area (Å²) in [6, 6.07) is 19.0. The molecule has 0 saturated carbocycles. The van der Waals surface area contributed by atoms with Gasteiger partial charge in [0, 0.05) is 18.8 Å². The first-order valence-electron chi connectivity index (χ1n) is 9.85. The van der Waals surface area contributed by atoms with Crippen LogP contribution < -0.4 is 4.90 Å². The molecule has 0 aliphatic heterocycles. The lowest BCUT2D eigenvalue weighted by Gasteiger charge is -2.20. The molecular weight excluding hydrogens is 394 g/mol. The fourth-order valence-corrected chi connectivity index (χ4v) is 2.89. The van der Waals surface area contributed by atoms with E-state index in [0.29, 0.717) is 17.1 Å². The molecule has 0 aromatic heterocycles. The van der Waals surface area contributed by atoms with E-state index in [1.807, 2.05) is 24.3 Å². The lowest BCUT2D eigenvalue weighted by molar-refractivity contribution is 0.0693. The number of carboxylic acid groups (broad SMARTS) is 1. The summed E-state index contributed by atoms with van der Waals surface area (Å²) in [5.41, 5.74) is 3.27. The smallest absolute Gasteiger partial charge is 0.339 e. The Bertz CT molecular complexity index is 1090. The number of aromatic carboxylic acids is 1. The molecule has 0 atom stereocenters. The van der Waals surface area contributed by atoms with Gasteiger partial charge < -0.3 is 15.1 Å². The number of benzene rings is 3. The normalized spacial score (nSPS) is 11.3. The summed E-state index contributed by atoms with van der Waals surface area (Å²) in [5, 5.41) is 35.2. The molecule has 8 heteroatoms. The fraction of sp³-hybridized carbons (Fsp3) is 0.174. The molecule has 158 valence electrons. The SMILES string of the molecule is CCN(CC)c1ccc(N=Nc2ccc(N=Nc3ccc(O)c(C(=O)O)c3)cc2)cc1. The highest BCUT2D eigenvalue weighted by molar-refractivity contribution is 5.91. The van der Waals surface area contributed by atoms with Gasteiger partial charge in [-0.25, -0.2) is 4.79 Å². The van der Waals surface area contributed by atoms with Crippen LogP contribution in [-0.2, 0) is 0 Å². The van der Waals surface area contributed by atoms with Gasteiger partial charge in [-0.3, -0.25) is 0 Å². The van der Waals surface area contributed by atoms with E-state index in [1.165, 1.54) is 18.2 Å². The van der Waals surface area contributed by atoms with Crippen LogP contribution in [0.15, 0.2) is 87.2 Å².